The first kappa shape index (κ1) is 24.9. The highest BCUT2D eigenvalue weighted by molar-refractivity contribution is 6.30. The van der Waals surface area contributed by atoms with Crippen LogP contribution in [0.1, 0.15) is 5.56 Å². The van der Waals surface area contributed by atoms with Crippen molar-refractivity contribution in [2.75, 3.05) is 13.7 Å². The largest absolute Gasteiger partial charge is 0.493 e. The van der Waals surface area contributed by atoms with Crippen LogP contribution in [0.4, 0.5) is 11.4 Å². The predicted octanol–water partition coefficient (Wildman–Crippen LogP) is 4.49. The molecule has 0 aromatic heterocycles. The zero-order valence-corrected chi connectivity index (χ0v) is 18.8. The molecule has 0 aliphatic carbocycles. The molecule has 0 aliphatic heterocycles. The normalized spacial score (nSPS) is 10.6. The predicted molar refractivity (Wildman–Crippen MR) is 126 cm³/mol. The number of carbonyl (C=O) groups is 1. The molecule has 0 radical (unpaired) electrons. The molecule has 35 heavy (non-hydrogen) atoms. The second kappa shape index (κ2) is 11.4. The number of carbonyl (C=O) groups excluding carboxylic acids is 1. The van der Waals surface area contributed by atoms with Gasteiger partial charge in [0.05, 0.1) is 29.2 Å². The zero-order chi connectivity index (χ0) is 25.4. The van der Waals surface area contributed by atoms with Crippen molar-refractivity contribution >= 4 is 35.1 Å². The van der Waals surface area contributed by atoms with Crippen molar-refractivity contribution in [3.8, 4) is 23.0 Å². The number of non-ortho nitro benzene ring substituents is 1. The Morgan fingerprint density at radius 3 is 2.37 bits per heavy atom. The first-order chi connectivity index (χ1) is 16.8. The van der Waals surface area contributed by atoms with Gasteiger partial charge in [-0.25, -0.2) is 5.43 Å². The maximum absolute atomic E-state index is 11.9. The Bertz CT molecular complexity index is 1280. The van der Waals surface area contributed by atoms with Crippen LogP contribution in [0.3, 0.4) is 0 Å². The average Bonchev–Trinajstić information content (AvgIpc) is 2.84. The maximum atomic E-state index is 11.9. The number of hydrogen-bond acceptors (Lipinski definition) is 9. The Morgan fingerprint density at radius 2 is 1.71 bits per heavy atom. The summed E-state index contributed by atoms with van der Waals surface area (Å²) in [6.07, 6.45) is 1.35. The summed E-state index contributed by atoms with van der Waals surface area (Å²) in [5.74, 6) is 0.116. The zero-order valence-electron chi connectivity index (χ0n) is 18.0. The van der Waals surface area contributed by atoms with Crippen LogP contribution < -0.4 is 19.6 Å². The fraction of sp³-hybridized carbons (Fsp3) is 0.0909. The van der Waals surface area contributed by atoms with Gasteiger partial charge in [0.15, 0.2) is 18.1 Å². The number of hydrogen-bond donors (Lipinski definition) is 1. The van der Waals surface area contributed by atoms with E-state index in [1.54, 1.807) is 30.3 Å². The first-order valence-electron chi connectivity index (χ1n) is 9.76. The van der Waals surface area contributed by atoms with E-state index in [0.29, 0.717) is 16.3 Å². The molecule has 3 aromatic carbocycles. The van der Waals surface area contributed by atoms with Gasteiger partial charge in [-0.3, -0.25) is 25.0 Å². The van der Waals surface area contributed by atoms with E-state index in [1.165, 1.54) is 25.5 Å². The minimum Gasteiger partial charge on any atom is -0.493 e. The fourth-order valence-electron chi connectivity index (χ4n) is 2.71. The lowest BCUT2D eigenvalue weighted by molar-refractivity contribution is -0.394. The molecule has 180 valence electrons. The van der Waals surface area contributed by atoms with Crippen LogP contribution in [-0.2, 0) is 4.79 Å². The lowest BCUT2D eigenvalue weighted by Crippen LogP contribution is -2.24. The number of nitro benzene ring substituents is 2. The number of hydrazone groups is 1. The number of amides is 1. The van der Waals surface area contributed by atoms with Crippen molar-refractivity contribution in [1.82, 2.24) is 5.43 Å². The highest BCUT2D eigenvalue weighted by atomic mass is 35.5. The topological polar surface area (TPSA) is 155 Å². The molecule has 1 amide bonds. The summed E-state index contributed by atoms with van der Waals surface area (Å²) < 4.78 is 16.2. The number of nitrogens with zero attached hydrogens (tertiary/aromatic N) is 3. The number of ether oxygens (including phenoxy) is 3. The molecular weight excluding hydrogens is 484 g/mol. The molecule has 12 nitrogen and oxygen atoms in total. The Morgan fingerprint density at radius 1 is 1.00 bits per heavy atom. The van der Waals surface area contributed by atoms with E-state index in [-0.39, 0.29) is 23.9 Å². The molecule has 0 unspecified atom stereocenters. The standard InChI is InChI=1S/C22H17ClN4O8/c1-33-21-10-14(12-24-25-22(28)13-34-17-6-3-15(23)4-7-17)2-8-20(21)35-19-9-5-16(26(29)30)11-18(19)27(31)32/h2-12H,13H2,1H3,(H,25,28)/b24-12+. The second-order valence-corrected chi connectivity index (χ2v) is 7.15. The molecule has 0 heterocycles. The molecule has 3 aromatic rings. The van der Waals surface area contributed by atoms with Crippen LogP contribution in [0, 0.1) is 20.2 Å². The lowest BCUT2D eigenvalue weighted by atomic mass is 10.2. The van der Waals surface area contributed by atoms with Crippen LogP contribution in [0.5, 0.6) is 23.0 Å². The summed E-state index contributed by atoms with van der Waals surface area (Å²) in [6, 6.07) is 14.1. The van der Waals surface area contributed by atoms with Crippen molar-refractivity contribution < 1.29 is 28.9 Å². The van der Waals surface area contributed by atoms with Crippen LogP contribution >= 0.6 is 11.6 Å². The van der Waals surface area contributed by atoms with Crippen LogP contribution in [0.2, 0.25) is 5.02 Å². The number of nitrogens with one attached hydrogen (secondary N) is 1. The third-order valence-corrected chi connectivity index (χ3v) is 4.60. The molecule has 0 saturated carbocycles. The summed E-state index contributed by atoms with van der Waals surface area (Å²) in [5, 5.41) is 26.6. The molecule has 0 atom stereocenters. The maximum Gasteiger partial charge on any atom is 0.318 e. The molecule has 0 spiro atoms. The minimum atomic E-state index is -0.783. The summed E-state index contributed by atoms with van der Waals surface area (Å²) in [6.45, 7) is -0.261. The van der Waals surface area contributed by atoms with Gasteiger partial charge >= 0.3 is 5.69 Å². The van der Waals surface area contributed by atoms with Gasteiger partial charge in [-0.2, -0.15) is 5.10 Å². The monoisotopic (exact) mass is 500 g/mol. The van der Waals surface area contributed by atoms with Crippen molar-refractivity contribution in [3.05, 3.63) is 91.5 Å². The first-order valence-corrected chi connectivity index (χ1v) is 10.1. The molecule has 1 N–H and O–H groups in total. The van der Waals surface area contributed by atoms with Gasteiger partial charge in [0.2, 0.25) is 5.75 Å². The van der Waals surface area contributed by atoms with E-state index in [4.69, 9.17) is 25.8 Å². The van der Waals surface area contributed by atoms with E-state index in [9.17, 15) is 25.0 Å². The molecule has 13 heteroatoms. The number of methoxy groups -OCH3 is 1. The van der Waals surface area contributed by atoms with E-state index in [1.807, 2.05) is 0 Å². The van der Waals surface area contributed by atoms with Crippen molar-refractivity contribution in [2.45, 2.75) is 0 Å². The van der Waals surface area contributed by atoms with Gasteiger partial charge in [-0.05, 0) is 54.1 Å². The van der Waals surface area contributed by atoms with Gasteiger partial charge in [0.25, 0.3) is 11.6 Å². The lowest BCUT2D eigenvalue weighted by Gasteiger charge is -2.11. The Labute approximate surface area is 203 Å². The summed E-state index contributed by atoms with van der Waals surface area (Å²) in [5.41, 5.74) is 1.82. The number of halogens is 1. The van der Waals surface area contributed by atoms with Gasteiger partial charge in [0, 0.05) is 11.1 Å². The molecule has 0 bridgehead atoms. The molecular formula is C22H17ClN4O8. The van der Waals surface area contributed by atoms with Crippen molar-refractivity contribution in [3.63, 3.8) is 0 Å². The average molecular weight is 501 g/mol. The van der Waals surface area contributed by atoms with Gasteiger partial charge < -0.3 is 14.2 Å². The highest BCUT2D eigenvalue weighted by Crippen LogP contribution is 2.38. The van der Waals surface area contributed by atoms with E-state index in [0.717, 1.165) is 18.2 Å². The van der Waals surface area contributed by atoms with Gasteiger partial charge in [0.1, 0.15) is 5.75 Å². The van der Waals surface area contributed by atoms with Crippen molar-refractivity contribution in [1.29, 1.82) is 0 Å². The fourth-order valence-corrected chi connectivity index (χ4v) is 2.83. The molecule has 0 aliphatic rings. The number of nitro groups is 2. The highest BCUT2D eigenvalue weighted by Gasteiger charge is 2.22. The Hall–Kier alpha value is -4.71. The van der Waals surface area contributed by atoms with Gasteiger partial charge in [-0.1, -0.05) is 11.6 Å². The third-order valence-electron chi connectivity index (χ3n) is 4.34. The van der Waals surface area contributed by atoms with Crippen molar-refractivity contribution in [2.24, 2.45) is 5.10 Å². The van der Waals surface area contributed by atoms with E-state index >= 15 is 0 Å². The number of rotatable bonds is 10. The van der Waals surface area contributed by atoms with Crippen LogP contribution in [0.15, 0.2) is 65.8 Å². The molecule has 0 fully saturated rings. The molecule has 0 saturated heterocycles. The quantitative estimate of drug-likeness (QED) is 0.242. The van der Waals surface area contributed by atoms with Crippen LogP contribution in [0.25, 0.3) is 0 Å². The summed E-state index contributed by atoms with van der Waals surface area (Å²) >= 11 is 5.79. The van der Waals surface area contributed by atoms with E-state index in [2.05, 4.69) is 10.5 Å². The second-order valence-electron chi connectivity index (χ2n) is 6.71. The Balaban J connectivity index is 1.65. The number of benzene rings is 3. The summed E-state index contributed by atoms with van der Waals surface area (Å²) in [7, 11) is 1.36. The van der Waals surface area contributed by atoms with Crippen LogP contribution in [-0.4, -0.2) is 35.7 Å². The Kier molecular flexibility index (Phi) is 8.14. The SMILES string of the molecule is COc1cc(/C=N/NC(=O)COc2ccc(Cl)cc2)ccc1Oc1ccc([N+](=O)[O-])cc1[N+](=O)[O-]. The van der Waals surface area contributed by atoms with Gasteiger partial charge in [-0.15, -0.1) is 0 Å². The third kappa shape index (κ3) is 6.88. The van der Waals surface area contributed by atoms with E-state index < -0.39 is 27.1 Å². The molecule has 3 rings (SSSR count). The smallest absolute Gasteiger partial charge is 0.318 e. The summed E-state index contributed by atoms with van der Waals surface area (Å²) in [4.78, 5) is 32.6. The minimum absolute atomic E-state index is 0.127.